The van der Waals surface area contributed by atoms with Gasteiger partial charge in [0, 0.05) is 24.7 Å². The van der Waals surface area contributed by atoms with Gasteiger partial charge in [-0.2, -0.15) is 0 Å². The summed E-state index contributed by atoms with van der Waals surface area (Å²) in [5.41, 5.74) is 0.699. The summed E-state index contributed by atoms with van der Waals surface area (Å²) in [6.07, 6.45) is 0. The van der Waals surface area contributed by atoms with Gasteiger partial charge < -0.3 is 15.3 Å². The molecule has 2 N–H and O–H groups in total. The molecule has 4 heteroatoms. The van der Waals surface area contributed by atoms with Crippen LogP contribution in [0.1, 0.15) is 18.5 Å². The maximum absolute atomic E-state index is 13.8. The van der Waals surface area contributed by atoms with E-state index in [2.05, 4.69) is 17.1 Å². The minimum absolute atomic E-state index is 0.0210. The van der Waals surface area contributed by atoms with E-state index in [1.54, 1.807) is 6.07 Å². The molecule has 0 aliphatic rings. The van der Waals surface area contributed by atoms with Crippen molar-refractivity contribution in [1.29, 1.82) is 0 Å². The Kier molecular flexibility index (Phi) is 6.25. The lowest BCUT2D eigenvalue weighted by Crippen LogP contribution is -2.34. The van der Waals surface area contributed by atoms with Gasteiger partial charge in [0.05, 0.1) is 6.61 Å². The monoisotopic (exact) mass is 254 g/mol. The van der Waals surface area contributed by atoms with E-state index in [9.17, 15) is 4.39 Å². The number of aliphatic hydroxyl groups is 1. The van der Waals surface area contributed by atoms with Gasteiger partial charge in [-0.1, -0.05) is 25.1 Å². The Hall–Kier alpha value is -0.970. The van der Waals surface area contributed by atoms with E-state index in [0.29, 0.717) is 12.1 Å². The fraction of sp³-hybridized carbons (Fsp3) is 0.571. The van der Waals surface area contributed by atoms with Crippen molar-refractivity contribution in [3.05, 3.63) is 35.6 Å². The zero-order valence-corrected chi connectivity index (χ0v) is 11.4. The Labute approximate surface area is 109 Å². The highest BCUT2D eigenvalue weighted by Gasteiger charge is 2.21. The molecule has 0 saturated heterocycles. The summed E-state index contributed by atoms with van der Waals surface area (Å²) in [4.78, 5) is 2.05. The molecule has 0 radical (unpaired) electrons. The van der Waals surface area contributed by atoms with Crippen LogP contribution in [0.4, 0.5) is 4.39 Å². The molecule has 2 unspecified atom stereocenters. The molecular weight excluding hydrogens is 231 g/mol. The van der Waals surface area contributed by atoms with Crippen molar-refractivity contribution in [1.82, 2.24) is 10.2 Å². The first kappa shape index (κ1) is 15.1. The number of halogens is 1. The number of benzene rings is 1. The van der Waals surface area contributed by atoms with Gasteiger partial charge in [-0.05, 0) is 26.1 Å². The van der Waals surface area contributed by atoms with E-state index in [0.717, 1.165) is 6.54 Å². The molecule has 2 atom stereocenters. The smallest absolute Gasteiger partial charge is 0.127 e. The first-order valence-electron chi connectivity index (χ1n) is 6.31. The van der Waals surface area contributed by atoms with E-state index in [4.69, 9.17) is 5.11 Å². The second-order valence-electron chi connectivity index (χ2n) is 4.75. The van der Waals surface area contributed by atoms with Crippen LogP contribution in [0.15, 0.2) is 24.3 Å². The van der Waals surface area contributed by atoms with Crippen molar-refractivity contribution < 1.29 is 9.50 Å². The lowest BCUT2D eigenvalue weighted by Gasteiger charge is -2.28. The molecule has 0 spiro atoms. The lowest BCUT2D eigenvalue weighted by molar-refractivity contribution is 0.192. The molecule has 0 aromatic heterocycles. The maximum atomic E-state index is 13.8. The fourth-order valence-electron chi connectivity index (χ4n) is 2.33. The van der Waals surface area contributed by atoms with Crippen LogP contribution in [0.5, 0.6) is 0 Å². The number of rotatable bonds is 7. The lowest BCUT2D eigenvalue weighted by atomic mass is 9.93. The van der Waals surface area contributed by atoms with Crippen LogP contribution >= 0.6 is 0 Å². The summed E-state index contributed by atoms with van der Waals surface area (Å²) >= 11 is 0. The van der Waals surface area contributed by atoms with Crippen molar-refractivity contribution >= 4 is 0 Å². The number of hydrogen-bond acceptors (Lipinski definition) is 3. The third kappa shape index (κ3) is 4.05. The third-order valence-corrected chi connectivity index (χ3v) is 3.20. The molecule has 0 bridgehead atoms. The van der Waals surface area contributed by atoms with Gasteiger partial charge in [0.15, 0.2) is 0 Å². The molecule has 1 aromatic carbocycles. The van der Waals surface area contributed by atoms with Crippen LogP contribution in [-0.4, -0.2) is 43.8 Å². The predicted molar refractivity (Wildman–Crippen MR) is 71.9 cm³/mol. The summed E-state index contributed by atoms with van der Waals surface area (Å²) in [6.45, 7) is 3.67. The van der Waals surface area contributed by atoms with Crippen molar-refractivity contribution in [2.24, 2.45) is 5.92 Å². The van der Waals surface area contributed by atoms with Crippen LogP contribution in [0.3, 0.4) is 0 Å². The molecule has 3 nitrogen and oxygen atoms in total. The molecule has 0 aliphatic heterocycles. The Balaban J connectivity index is 2.74. The highest BCUT2D eigenvalue weighted by molar-refractivity contribution is 5.21. The molecular formula is C14H23FN2O. The van der Waals surface area contributed by atoms with Crippen LogP contribution in [0.25, 0.3) is 0 Å². The molecule has 102 valence electrons. The summed E-state index contributed by atoms with van der Waals surface area (Å²) in [7, 11) is 3.81. The summed E-state index contributed by atoms with van der Waals surface area (Å²) in [5.74, 6) is 0.0805. The average molecular weight is 254 g/mol. The molecule has 18 heavy (non-hydrogen) atoms. The average Bonchev–Trinajstić information content (AvgIpc) is 2.32. The van der Waals surface area contributed by atoms with Gasteiger partial charge in [0.2, 0.25) is 0 Å². The first-order valence-corrected chi connectivity index (χ1v) is 6.31. The number of nitrogens with zero attached hydrogens (tertiary/aromatic N) is 1. The van der Waals surface area contributed by atoms with E-state index in [1.165, 1.54) is 6.07 Å². The van der Waals surface area contributed by atoms with E-state index >= 15 is 0 Å². The number of hydrogen-bond donors (Lipinski definition) is 2. The summed E-state index contributed by atoms with van der Waals surface area (Å²) < 4.78 is 13.8. The summed E-state index contributed by atoms with van der Waals surface area (Å²) in [5, 5.41) is 12.1. The highest BCUT2D eigenvalue weighted by Crippen LogP contribution is 2.24. The zero-order valence-electron chi connectivity index (χ0n) is 11.4. The van der Waals surface area contributed by atoms with Gasteiger partial charge in [0.1, 0.15) is 5.82 Å². The van der Waals surface area contributed by atoms with E-state index in [1.807, 2.05) is 26.2 Å². The fourth-order valence-corrected chi connectivity index (χ4v) is 2.33. The highest BCUT2D eigenvalue weighted by atomic mass is 19.1. The number of likely N-dealkylation sites (N-methyl/N-ethyl adjacent to an activating group) is 1. The van der Waals surface area contributed by atoms with Gasteiger partial charge in [-0.3, -0.25) is 0 Å². The zero-order chi connectivity index (χ0) is 13.5. The van der Waals surface area contributed by atoms with Crippen LogP contribution in [0.2, 0.25) is 0 Å². The number of nitrogens with one attached hydrogen (secondary N) is 1. The Morgan fingerprint density at radius 1 is 1.39 bits per heavy atom. The van der Waals surface area contributed by atoms with Crippen molar-refractivity contribution in [3.63, 3.8) is 0 Å². The van der Waals surface area contributed by atoms with Gasteiger partial charge in [-0.15, -0.1) is 0 Å². The Morgan fingerprint density at radius 2 is 2.06 bits per heavy atom. The molecule has 0 amide bonds. The number of aliphatic hydroxyl groups excluding tert-OH is 1. The SMILES string of the molecule is CNC(c1ccccc1F)C(C)CN(C)CCO. The predicted octanol–water partition coefficient (Wildman–Crippen LogP) is 1.65. The van der Waals surface area contributed by atoms with E-state index in [-0.39, 0.29) is 24.4 Å². The minimum Gasteiger partial charge on any atom is -0.395 e. The minimum atomic E-state index is -0.173. The molecule has 1 aromatic rings. The molecule has 0 heterocycles. The van der Waals surface area contributed by atoms with Crippen LogP contribution < -0.4 is 5.32 Å². The third-order valence-electron chi connectivity index (χ3n) is 3.20. The van der Waals surface area contributed by atoms with E-state index < -0.39 is 0 Å². The van der Waals surface area contributed by atoms with Gasteiger partial charge in [0.25, 0.3) is 0 Å². The van der Waals surface area contributed by atoms with Crippen LogP contribution in [-0.2, 0) is 0 Å². The molecule has 0 fully saturated rings. The Bertz CT molecular complexity index is 359. The second-order valence-corrected chi connectivity index (χ2v) is 4.75. The molecule has 1 rings (SSSR count). The molecule has 0 saturated carbocycles. The van der Waals surface area contributed by atoms with Crippen molar-refractivity contribution in [2.45, 2.75) is 13.0 Å². The standard InChI is InChI=1S/C14H23FN2O/c1-11(10-17(3)8-9-18)14(16-2)12-6-4-5-7-13(12)15/h4-7,11,14,16,18H,8-10H2,1-3H3. The molecule has 0 aliphatic carbocycles. The maximum Gasteiger partial charge on any atom is 0.127 e. The second kappa shape index (κ2) is 7.46. The van der Waals surface area contributed by atoms with Gasteiger partial charge >= 0.3 is 0 Å². The van der Waals surface area contributed by atoms with Crippen molar-refractivity contribution in [2.75, 3.05) is 33.8 Å². The topological polar surface area (TPSA) is 35.5 Å². The van der Waals surface area contributed by atoms with Crippen molar-refractivity contribution in [3.8, 4) is 0 Å². The quantitative estimate of drug-likeness (QED) is 0.776. The first-order chi connectivity index (χ1) is 8.60. The largest absolute Gasteiger partial charge is 0.395 e. The summed E-state index contributed by atoms with van der Waals surface area (Å²) in [6, 6.07) is 6.84. The van der Waals surface area contributed by atoms with Crippen LogP contribution in [0, 0.1) is 11.7 Å². The normalized spacial score (nSPS) is 14.8. The van der Waals surface area contributed by atoms with Gasteiger partial charge in [-0.25, -0.2) is 4.39 Å². The Morgan fingerprint density at radius 3 is 2.61 bits per heavy atom.